The number of rotatable bonds is 6. The van der Waals surface area contributed by atoms with Gasteiger partial charge in [-0.1, -0.05) is 29.8 Å². The van der Waals surface area contributed by atoms with Crippen LogP contribution >= 0.6 is 35.6 Å². The van der Waals surface area contributed by atoms with Crippen LogP contribution in [0.1, 0.15) is 24.0 Å². The number of carbonyl (C=O) groups is 1. The molecule has 0 spiro atoms. The number of pyridine rings is 1. The summed E-state index contributed by atoms with van der Waals surface area (Å²) in [5.74, 6) is 1.49. The highest BCUT2D eigenvalue weighted by Gasteiger charge is 2.25. The van der Waals surface area contributed by atoms with E-state index in [0.717, 1.165) is 53.9 Å². The molecule has 1 fully saturated rings. The molecule has 3 N–H and O–H groups in total. The van der Waals surface area contributed by atoms with Gasteiger partial charge in [0.25, 0.3) is 0 Å². The molecule has 1 aromatic carbocycles. The lowest BCUT2D eigenvalue weighted by Gasteiger charge is -2.32. The lowest BCUT2D eigenvalue weighted by molar-refractivity contribution is -0.122. The number of nitrogens with one attached hydrogen (secondary N) is 1. The van der Waals surface area contributed by atoms with Gasteiger partial charge in [0.1, 0.15) is 5.82 Å². The monoisotopic (exact) mass is 556 g/mol. The van der Waals surface area contributed by atoms with Crippen LogP contribution in [0, 0.1) is 5.92 Å². The number of carbonyl (C=O) groups excluding carboxylic acids is 1. The minimum absolute atomic E-state index is 0. The number of halogens is 2. The Morgan fingerprint density at radius 2 is 2.06 bits per heavy atom. The first-order valence-corrected chi connectivity index (χ1v) is 10.5. The lowest BCUT2D eigenvalue weighted by atomic mass is 9.96. The zero-order valence-corrected chi connectivity index (χ0v) is 21.0. The average Bonchev–Trinajstić information content (AvgIpc) is 2.74. The van der Waals surface area contributed by atoms with Crippen LogP contribution in [0.15, 0.2) is 47.6 Å². The molecule has 1 amide bonds. The van der Waals surface area contributed by atoms with Crippen LogP contribution < -0.4 is 16.0 Å². The van der Waals surface area contributed by atoms with E-state index >= 15 is 0 Å². The molecular formula is C22H30ClIN6O. The molecular weight excluding hydrogens is 527 g/mol. The van der Waals surface area contributed by atoms with E-state index in [-0.39, 0.29) is 35.8 Å². The molecule has 2 heterocycles. The molecule has 0 radical (unpaired) electrons. The van der Waals surface area contributed by atoms with Crippen molar-refractivity contribution < 1.29 is 4.79 Å². The molecule has 3 rings (SSSR count). The molecule has 0 unspecified atom stereocenters. The van der Waals surface area contributed by atoms with Gasteiger partial charge in [0.05, 0.1) is 0 Å². The number of guanidine groups is 1. The maximum absolute atomic E-state index is 11.4. The van der Waals surface area contributed by atoms with Crippen molar-refractivity contribution in [2.24, 2.45) is 16.6 Å². The van der Waals surface area contributed by atoms with Crippen LogP contribution in [0.5, 0.6) is 0 Å². The quantitative estimate of drug-likeness (QED) is 0.324. The van der Waals surface area contributed by atoms with Crippen molar-refractivity contribution in [3.05, 3.63) is 58.7 Å². The van der Waals surface area contributed by atoms with Crippen molar-refractivity contribution in [2.45, 2.75) is 25.9 Å². The standard InChI is InChI=1S/C22H29ClN6O.HI/c1-25-22(28(2)15-16-5-3-7-19(23)13-16)27-14-18-6-4-10-26-21(18)29-11-8-17(9-12-29)20(24)30;/h3-7,10,13,17H,8-9,11-12,14-15H2,1-2H3,(H2,24,30)(H,25,27);1H. The highest BCUT2D eigenvalue weighted by Crippen LogP contribution is 2.24. The maximum Gasteiger partial charge on any atom is 0.220 e. The van der Waals surface area contributed by atoms with Gasteiger partial charge in [-0.2, -0.15) is 0 Å². The minimum Gasteiger partial charge on any atom is -0.369 e. The highest BCUT2D eigenvalue weighted by molar-refractivity contribution is 14.0. The molecule has 31 heavy (non-hydrogen) atoms. The van der Waals surface area contributed by atoms with Gasteiger partial charge in [0.15, 0.2) is 5.96 Å². The number of hydrogen-bond acceptors (Lipinski definition) is 4. The third-order valence-electron chi connectivity index (χ3n) is 5.38. The summed E-state index contributed by atoms with van der Waals surface area (Å²) in [6, 6.07) is 11.8. The van der Waals surface area contributed by atoms with Gasteiger partial charge in [0.2, 0.25) is 5.91 Å². The van der Waals surface area contributed by atoms with Crippen molar-refractivity contribution >= 4 is 53.3 Å². The zero-order chi connectivity index (χ0) is 21.5. The Hall–Kier alpha value is -2.07. The van der Waals surface area contributed by atoms with Crippen molar-refractivity contribution in [3.63, 3.8) is 0 Å². The number of piperidine rings is 1. The number of benzene rings is 1. The second-order valence-electron chi connectivity index (χ2n) is 7.54. The Kier molecular flexibility index (Phi) is 9.83. The molecule has 9 heteroatoms. The highest BCUT2D eigenvalue weighted by atomic mass is 127. The van der Waals surface area contributed by atoms with Crippen molar-refractivity contribution in [2.75, 3.05) is 32.1 Å². The summed E-state index contributed by atoms with van der Waals surface area (Å²) in [6.07, 6.45) is 3.34. The van der Waals surface area contributed by atoms with Crippen LogP contribution in [0.3, 0.4) is 0 Å². The number of nitrogens with two attached hydrogens (primary N) is 1. The molecule has 1 aliphatic rings. The molecule has 0 aliphatic carbocycles. The Balaban J connectivity index is 0.00000341. The van der Waals surface area contributed by atoms with Crippen LogP contribution in [0.4, 0.5) is 5.82 Å². The summed E-state index contributed by atoms with van der Waals surface area (Å²) >= 11 is 6.10. The zero-order valence-electron chi connectivity index (χ0n) is 17.9. The molecule has 0 bridgehead atoms. The fourth-order valence-corrected chi connectivity index (χ4v) is 3.98. The van der Waals surface area contributed by atoms with Gasteiger partial charge in [-0.15, -0.1) is 24.0 Å². The molecule has 168 valence electrons. The number of aliphatic imine (C=N–C) groups is 1. The Morgan fingerprint density at radius 1 is 1.32 bits per heavy atom. The van der Waals surface area contributed by atoms with E-state index in [1.807, 2.05) is 37.4 Å². The molecule has 1 aromatic heterocycles. The maximum atomic E-state index is 11.4. The first-order chi connectivity index (χ1) is 14.5. The van der Waals surface area contributed by atoms with Gasteiger partial charge < -0.3 is 20.9 Å². The summed E-state index contributed by atoms with van der Waals surface area (Å²) in [4.78, 5) is 24.7. The van der Waals surface area contributed by atoms with Crippen LogP contribution in [0.2, 0.25) is 5.02 Å². The van der Waals surface area contributed by atoms with Gasteiger partial charge in [-0.05, 0) is 36.6 Å². The van der Waals surface area contributed by atoms with Gasteiger partial charge in [-0.3, -0.25) is 9.79 Å². The van der Waals surface area contributed by atoms with E-state index in [2.05, 4.69) is 31.2 Å². The lowest BCUT2D eigenvalue weighted by Crippen LogP contribution is -2.40. The Labute approximate surface area is 206 Å². The molecule has 1 saturated heterocycles. The van der Waals surface area contributed by atoms with Crippen molar-refractivity contribution in [3.8, 4) is 0 Å². The third kappa shape index (κ3) is 6.96. The second-order valence-corrected chi connectivity index (χ2v) is 7.97. The van der Waals surface area contributed by atoms with Crippen LogP contribution in [-0.2, 0) is 17.9 Å². The minimum atomic E-state index is -0.205. The largest absolute Gasteiger partial charge is 0.369 e. The number of amides is 1. The third-order valence-corrected chi connectivity index (χ3v) is 5.62. The Morgan fingerprint density at radius 3 is 2.71 bits per heavy atom. The van der Waals surface area contributed by atoms with Gasteiger partial charge >= 0.3 is 0 Å². The van der Waals surface area contributed by atoms with Crippen molar-refractivity contribution in [1.82, 2.24) is 15.2 Å². The van der Waals surface area contributed by atoms with E-state index < -0.39 is 0 Å². The average molecular weight is 557 g/mol. The normalized spacial score (nSPS) is 14.7. The predicted molar refractivity (Wildman–Crippen MR) is 137 cm³/mol. The van der Waals surface area contributed by atoms with E-state index in [1.165, 1.54) is 0 Å². The molecule has 7 nitrogen and oxygen atoms in total. The number of primary amides is 1. The Bertz CT molecular complexity index is 901. The summed E-state index contributed by atoms with van der Waals surface area (Å²) in [5.41, 5.74) is 7.67. The molecule has 1 aliphatic heterocycles. The number of nitrogens with zero attached hydrogens (tertiary/aromatic N) is 4. The molecule has 0 saturated carbocycles. The fraction of sp³-hybridized carbons (Fsp3) is 0.409. The first-order valence-electron chi connectivity index (χ1n) is 10.1. The number of hydrogen-bond donors (Lipinski definition) is 2. The van der Waals surface area contributed by atoms with Crippen molar-refractivity contribution in [1.29, 1.82) is 0 Å². The van der Waals surface area contributed by atoms with E-state index in [4.69, 9.17) is 17.3 Å². The van der Waals surface area contributed by atoms with E-state index in [9.17, 15) is 4.79 Å². The SMILES string of the molecule is CN=C(NCc1cccnc1N1CCC(C(N)=O)CC1)N(C)Cc1cccc(Cl)c1.I. The topological polar surface area (TPSA) is 86.9 Å². The predicted octanol–water partition coefficient (Wildman–Crippen LogP) is 3.26. The van der Waals surface area contributed by atoms with Crippen LogP contribution in [0.25, 0.3) is 0 Å². The molecule has 0 atom stereocenters. The number of aromatic nitrogens is 1. The van der Waals surface area contributed by atoms with Crippen LogP contribution in [-0.4, -0.2) is 48.9 Å². The number of anilines is 1. The summed E-state index contributed by atoms with van der Waals surface area (Å²) in [5, 5.41) is 4.15. The van der Waals surface area contributed by atoms with E-state index in [1.54, 1.807) is 13.2 Å². The first kappa shape index (κ1) is 25.2. The second kappa shape index (κ2) is 12.1. The smallest absolute Gasteiger partial charge is 0.220 e. The van der Waals surface area contributed by atoms with E-state index in [0.29, 0.717) is 13.1 Å². The summed E-state index contributed by atoms with van der Waals surface area (Å²) < 4.78 is 0. The van der Waals surface area contributed by atoms with Gasteiger partial charge in [-0.25, -0.2) is 4.98 Å². The summed E-state index contributed by atoms with van der Waals surface area (Å²) in [7, 11) is 3.77. The fourth-order valence-electron chi connectivity index (χ4n) is 3.77. The molecule has 2 aromatic rings. The van der Waals surface area contributed by atoms with Gasteiger partial charge in [0, 0.05) is 63.0 Å². The summed E-state index contributed by atoms with van der Waals surface area (Å²) in [6.45, 7) is 2.86.